The van der Waals surface area contributed by atoms with E-state index in [9.17, 15) is 14.4 Å². The van der Waals surface area contributed by atoms with E-state index in [-0.39, 0.29) is 23.3 Å². The molecule has 0 spiro atoms. The fourth-order valence-electron chi connectivity index (χ4n) is 3.48. The summed E-state index contributed by atoms with van der Waals surface area (Å²) in [6.07, 6.45) is 0.588. The molecule has 7 heteroatoms. The van der Waals surface area contributed by atoms with Gasteiger partial charge in [0.25, 0.3) is 17.7 Å². The summed E-state index contributed by atoms with van der Waals surface area (Å²) in [4.78, 5) is 42.1. The van der Waals surface area contributed by atoms with Gasteiger partial charge in [0.1, 0.15) is 0 Å². The van der Waals surface area contributed by atoms with Gasteiger partial charge in [-0.05, 0) is 42.3 Å². The van der Waals surface area contributed by atoms with E-state index in [2.05, 4.69) is 0 Å². The summed E-state index contributed by atoms with van der Waals surface area (Å²) in [6, 6.07) is 18.1. The Morgan fingerprint density at radius 3 is 2.43 bits per heavy atom. The van der Waals surface area contributed by atoms with Crippen molar-refractivity contribution >= 4 is 40.7 Å². The van der Waals surface area contributed by atoms with Crippen LogP contribution in [-0.2, 0) is 13.0 Å². The number of hydrogen-bond acceptors (Lipinski definition) is 4. The van der Waals surface area contributed by atoms with E-state index in [1.165, 1.54) is 22.3 Å². The Bertz CT molecular complexity index is 1130. The van der Waals surface area contributed by atoms with Crippen molar-refractivity contribution in [3.8, 4) is 0 Å². The fourth-order valence-corrected chi connectivity index (χ4v) is 4.62. The average Bonchev–Trinajstić information content (AvgIpc) is 3.27. The number of imide groups is 1. The van der Waals surface area contributed by atoms with Crippen molar-refractivity contribution in [2.75, 3.05) is 13.6 Å². The molecule has 1 aliphatic heterocycles. The Labute approximate surface area is 183 Å². The van der Waals surface area contributed by atoms with E-state index in [1.807, 2.05) is 36.4 Å². The van der Waals surface area contributed by atoms with Crippen LogP contribution in [0.25, 0.3) is 0 Å². The van der Waals surface area contributed by atoms with Crippen LogP contribution in [0.4, 0.5) is 0 Å². The van der Waals surface area contributed by atoms with E-state index < -0.39 is 0 Å². The van der Waals surface area contributed by atoms with E-state index in [4.69, 9.17) is 11.6 Å². The number of fused-ring (bicyclic) bond motifs is 1. The topological polar surface area (TPSA) is 57.7 Å². The number of amides is 3. The van der Waals surface area contributed by atoms with Crippen molar-refractivity contribution in [2.24, 2.45) is 0 Å². The summed E-state index contributed by atoms with van der Waals surface area (Å²) in [5.41, 5.74) is 2.06. The molecule has 2 heterocycles. The normalized spacial score (nSPS) is 12.9. The van der Waals surface area contributed by atoms with Gasteiger partial charge in [0.05, 0.1) is 22.0 Å². The van der Waals surface area contributed by atoms with Crippen molar-refractivity contribution in [3.05, 3.63) is 92.1 Å². The smallest absolute Gasteiger partial charge is 0.261 e. The lowest BCUT2D eigenvalue weighted by molar-refractivity contribution is 0.0655. The van der Waals surface area contributed by atoms with Crippen molar-refractivity contribution in [2.45, 2.75) is 13.0 Å². The maximum absolute atomic E-state index is 12.8. The molecule has 0 fully saturated rings. The van der Waals surface area contributed by atoms with Crippen molar-refractivity contribution in [1.29, 1.82) is 0 Å². The largest absolute Gasteiger partial charge is 0.337 e. The molecule has 2 aromatic carbocycles. The average molecular weight is 439 g/mol. The predicted octanol–water partition coefficient (Wildman–Crippen LogP) is 4.51. The molecule has 0 saturated carbocycles. The van der Waals surface area contributed by atoms with Gasteiger partial charge in [-0.25, -0.2) is 0 Å². The highest BCUT2D eigenvalue weighted by Gasteiger charge is 2.35. The molecule has 1 aliphatic rings. The van der Waals surface area contributed by atoms with Crippen LogP contribution in [0.5, 0.6) is 0 Å². The van der Waals surface area contributed by atoms with Crippen LogP contribution in [0.1, 0.15) is 41.5 Å². The Kier molecular flexibility index (Phi) is 5.70. The van der Waals surface area contributed by atoms with Crippen LogP contribution >= 0.6 is 22.9 Å². The van der Waals surface area contributed by atoms with Gasteiger partial charge in [-0.1, -0.05) is 41.9 Å². The fraction of sp³-hybridized carbons (Fsp3) is 0.174. The first kappa shape index (κ1) is 20.3. The first-order chi connectivity index (χ1) is 14.4. The van der Waals surface area contributed by atoms with E-state index >= 15 is 0 Å². The van der Waals surface area contributed by atoms with Gasteiger partial charge in [0.15, 0.2) is 0 Å². The molecule has 0 bridgehead atoms. The molecule has 0 aliphatic carbocycles. The summed E-state index contributed by atoms with van der Waals surface area (Å²) < 4.78 is 0.670. The summed E-state index contributed by atoms with van der Waals surface area (Å²) in [5, 5.41) is 0. The third-order valence-corrected chi connectivity index (χ3v) is 6.27. The summed E-state index contributed by atoms with van der Waals surface area (Å²) in [6.45, 7) is 0.724. The van der Waals surface area contributed by atoms with Crippen LogP contribution in [0.3, 0.4) is 0 Å². The van der Waals surface area contributed by atoms with Crippen LogP contribution < -0.4 is 0 Å². The predicted molar refractivity (Wildman–Crippen MR) is 117 cm³/mol. The molecule has 152 valence electrons. The minimum absolute atomic E-state index is 0.217. The molecule has 4 rings (SSSR count). The highest BCUT2D eigenvalue weighted by Crippen LogP contribution is 2.26. The van der Waals surface area contributed by atoms with Crippen molar-refractivity contribution in [1.82, 2.24) is 9.80 Å². The van der Waals surface area contributed by atoms with Crippen LogP contribution in [0.2, 0.25) is 4.34 Å². The van der Waals surface area contributed by atoms with Crippen LogP contribution in [0.15, 0.2) is 60.7 Å². The van der Waals surface area contributed by atoms with E-state index in [0.29, 0.717) is 35.0 Å². The SMILES string of the molecule is CN(Cc1ccc(Cl)s1)C(=O)c1ccc2c(c1)C(=O)N(CCc1ccccc1)C2=O. The summed E-state index contributed by atoms with van der Waals surface area (Å²) in [5.74, 6) is -0.884. The second-order valence-electron chi connectivity index (χ2n) is 7.12. The lowest BCUT2D eigenvalue weighted by atomic mass is 10.0. The molecule has 0 unspecified atom stereocenters. The molecule has 0 atom stereocenters. The minimum Gasteiger partial charge on any atom is -0.337 e. The monoisotopic (exact) mass is 438 g/mol. The number of carbonyl (C=O) groups excluding carboxylic acids is 3. The molecule has 3 aromatic rings. The Morgan fingerprint density at radius 1 is 1.00 bits per heavy atom. The zero-order chi connectivity index (χ0) is 21.3. The molecule has 5 nitrogen and oxygen atoms in total. The van der Waals surface area contributed by atoms with Gasteiger partial charge >= 0.3 is 0 Å². The molecule has 30 heavy (non-hydrogen) atoms. The van der Waals surface area contributed by atoms with Gasteiger partial charge in [-0.3, -0.25) is 19.3 Å². The van der Waals surface area contributed by atoms with Crippen LogP contribution in [0, 0.1) is 0 Å². The standard InChI is InChI=1S/C23H19ClN2O3S/c1-25(14-17-8-10-20(24)30-17)21(27)16-7-9-18-19(13-16)23(29)26(22(18)28)12-11-15-5-3-2-4-6-15/h2-10,13H,11-12,14H2,1H3. The van der Waals surface area contributed by atoms with E-state index in [0.717, 1.165) is 10.4 Å². The number of carbonyl (C=O) groups is 3. The first-order valence-corrected chi connectivity index (χ1v) is 10.7. The third-order valence-electron chi connectivity index (χ3n) is 5.05. The molecule has 0 N–H and O–H groups in total. The van der Waals surface area contributed by atoms with Gasteiger partial charge in [0.2, 0.25) is 0 Å². The molecule has 0 saturated heterocycles. The molecule has 1 aromatic heterocycles. The second-order valence-corrected chi connectivity index (χ2v) is 8.92. The summed E-state index contributed by atoms with van der Waals surface area (Å²) in [7, 11) is 1.70. The quantitative estimate of drug-likeness (QED) is 0.532. The maximum Gasteiger partial charge on any atom is 0.261 e. The van der Waals surface area contributed by atoms with Gasteiger partial charge in [0, 0.05) is 24.0 Å². The number of nitrogens with zero attached hydrogens (tertiary/aromatic N) is 2. The van der Waals surface area contributed by atoms with Gasteiger partial charge in [-0.15, -0.1) is 11.3 Å². The minimum atomic E-state index is -0.353. The zero-order valence-electron chi connectivity index (χ0n) is 16.3. The Balaban J connectivity index is 1.49. The number of rotatable bonds is 6. The van der Waals surface area contributed by atoms with Crippen molar-refractivity contribution in [3.63, 3.8) is 0 Å². The van der Waals surface area contributed by atoms with Gasteiger partial charge < -0.3 is 4.90 Å². The van der Waals surface area contributed by atoms with Crippen LogP contribution in [-0.4, -0.2) is 41.1 Å². The van der Waals surface area contributed by atoms with Gasteiger partial charge in [-0.2, -0.15) is 0 Å². The molecular formula is C23H19ClN2O3S. The zero-order valence-corrected chi connectivity index (χ0v) is 17.9. The lowest BCUT2D eigenvalue weighted by Crippen LogP contribution is -2.31. The molecule has 0 radical (unpaired) electrons. The summed E-state index contributed by atoms with van der Waals surface area (Å²) >= 11 is 7.37. The highest BCUT2D eigenvalue weighted by atomic mass is 35.5. The highest BCUT2D eigenvalue weighted by molar-refractivity contribution is 7.16. The first-order valence-electron chi connectivity index (χ1n) is 9.48. The third kappa shape index (κ3) is 4.01. The maximum atomic E-state index is 12.8. The second kappa shape index (κ2) is 8.42. The lowest BCUT2D eigenvalue weighted by Gasteiger charge is -2.16. The number of benzene rings is 2. The molecular weight excluding hydrogens is 420 g/mol. The Morgan fingerprint density at radius 2 is 1.73 bits per heavy atom. The Hall–Kier alpha value is -2.96. The molecule has 3 amide bonds. The number of hydrogen-bond donors (Lipinski definition) is 0. The number of thiophene rings is 1. The van der Waals surface area contributed by atoms with E-state index in [1.54, 1.807) is 30.1 Å². The van der Waals surface area contributed by atoms with Crippen molar-refractivity contribution < 1.29 is 14.4 Å². The number of halogens is 1.